The Morgan fingerprint density at radius 1 is 1.33 bits per heavy atom. The molecule has 0 bridgehead atoms. The zero-order valence-electron chi connectivity index (χ0n) is 15.9. The van der Waals surface area contributed by atoms with Gasteiger partial charge in [-0.3, -0.25) is 4.79 Å². The van der Waals surface area contributed by atoms with Crippen molar-refractivity contribution in [2.45, 2.75) is 52.1 Å². The van der Waals surface area contributed by atoms with E-state index in [1.807, 2.05) is 18.2 Å². The molecule has 0 amide bonds. The molecule has 4 nitrogen and oxygen atoms in total. The number of nitrogens with two attached hydrogens (primary N) is 1. The first-order chi connectivity index (χ1) is 12.9. The van der Waals surface area contributed by atoms with Crippen LogP contribution < -0.4 is 10.9 Å². The van der Waals surface area contributed by atoms with Crippen molar-refractivity contribution in [1.82, 2.24) is 9.97 Å². The summed E-state index contributed by atoms with van der Waals surface area (Å²) in [5, 5.41) is 3.78. The number of H-pyrrole nitrogens is 1. The van der Waals surface area contributed by atoms with Gasteiger partial charge in [-0.05, 0) is 56.7 Å². The Morgan fingerprint density at radius 3 is 2.93 bits per heavy atom. The summed E-state index contributed by atoms with van der Waals surface area (Å²) in [6.45, 7) is 6.51. The van der Waals surface area contributed by atoms with Crippen molar-refractivity contribution in [3.05, 3.63) is 61.5 Å². The second-order valence-electron chi connectivity index (χ2n) is 7.81. The molecule has 142 valence electrons. The van der Waals surface area contributed by atoms with Crippen molar-refractivity contribution in [2.24, 2.45) is 5.92 Å². The summed E-state index contributed by atoms with van der Waals surface area (Å²) < 4.78 is 0. The minimum Gasteiger partial charge on any atom is -0.332 e. The Kier molecular flexibility index (Phi) is 5.10. The van der Waals surface area contributed by atoms with Crippen molar-refractivity contribution in [3.8, 4) is 0 Å². The first kappa shape index (κ1) is 18.7. The minimum atomic E-state index is 0.0118. The Balaban J connectivity index is 1.62. The maximum absolute atomic E-state index is 12.8. The number of quaternary nitrogens is 1. The van der Waals surface area contributed by atoms with Crippen LogP contribution in [-0.2, 0) is 12.8 Å². The van der Waals surface area contributed by atoms with Crippen molar-refractivity contribution >= 4 is 33.2 Å². The number of halogens is 1. The van der Waals surface area contributed by atoms with Gasteiger partial charge in [0, 0.05) is 15.5 Å². The number of rotatable bonds is 4. The predicted molar refractivity (Wildman–Crippen MR) is 112 cm³/mol. The third kappa shape index (κ3) is 3.68. The normalized spacial score (nSPS) is 19.0. The summed E-state index contributed by atoms with van der Waals surface area (Å²) >= 11 is 7.82. The lowest BCUT2D eigenvalue weighted by atomic mass is 9.89. The van der Waals surface area contributed by atoms with E-state index in [-0.39, 0.29) is 17.6 Å². The van der Waals surface area contributed by atoms with Gasteiger partial charge in [0.15, 0.2) is 5.82 Å². The molecule has 1 aliphatic carbocycles. The van der Waals surface area contributed by atoms with Crippen molar-refractivity contribution in [2.75, 3.05) is 0 Å². The molecule has 1 aliphatic rings. The molecule has 6 heteroatoms. The molecule has 0 fully saturated rings. The molecule has 0 aliphatic heterocycles. The Hall–Kier alpha value is -1.69. The average molecular weight is 403 g/mol. The maximum atomic E-state index is 12.8. The van der Waals surface area contributed by atoms with Gasteiger partial charge in [0.05, 0.1) is 5.39 Å². The topological polar surface area (TPSA) is 62.4 Å². The van der Waals surface area contributed by atoms with Gasteiger partial charge in [-0.2, -0.15) is 0 Å². The summed E-state index contributed by atoms with van der Waals surface area (Å²) in [5.41, 5.74) is 2.41. The number of aromatic amines is 1. The van der Waals surface area contributed by atoms with E-state index < -0.39 is 0 Å². The van der Waals surface area contributed by atoms with E-state index in [0.29, 0.717) is 5.92 Å². The fourth-order valence-electron chi connectivity index (χ4n) is 4.01. The van der Waals surface area contributed by atoms with Crippen LogP contribution in [0.25, 0.3) is 10.2 Å². The summed E-state index contributed by atoms with van der Waals surface area (Å²) in [4.78, 5) is 22.9. The van der Waals surface area contributed by atoms with E-state index in [2.05, 4.69) is 37.1 Å². The number of hydrogen-bond donors (Lipinski definition) is 2. The van der Waals surface area contributed by atoms with E-state index >= 15 is 0 Å². The van der Waals surface area contributed by atoms with Crippen molar-refractivity contribution in [3.63, 3.8) is 0 Å². The predicted octanol–water partition coefficient (Wildman–Crippen LogP) is 4.15. The third-order valence-corrected chi connectivity index (χ3v) is 6.95. The van der Waals surface area contributed by atoms with Crippen LogP contribution in [0.5, 0.6) is 0 Å². The Bertz CT molecular complexity index is 1040. The van der Waals surface area contributed by atoms with Gasteiger partial charge >= 0.3 is 0 Å². The molecule has 3 atom stereocenters. The van der Waals surface area contributed by atoms with E-state index in [1.165, 1.54) is 16.0 Å². The van der Waals surface area contributed by atoms with Crippen LogP contribution in [0.2, 0.25) is 5.02 Å². The van der Waals surface area contributed by atoms with Gasteiger partial charge in [0.2, 0.25) is 0 Å². The number of aromatic nitrogens is 2. The second kappa shape index (κ2) is 7.38. The molecule has 2 aromatic heterocycles. The van der Waals surface area contributed by atoms with E-state index in [9.17, 15) is 4.79 Å². The van der Waals surface area contributed by atoms with Crippen LogP contribution in [0, 0.1) is 5.92 Å². The zero-order chi connectivity index (χ0) is 19.1. The fraction of sp³-hybridized carbons (Fsp3) is 0.429. The number of nitrogens with zero attached hydrogens (tertiary/aromatic N) is 1. The van der Waals surface area contributed by atoms with Gasteiger partial charge in [-0.15, -0.1) is 11.3 Å². The maximum Gasteiger partial charge on any atom is 0.260 e. The lowest BCUT2D eigenvalue weighted by Crippen LogP contribution is -2.85. The summed E-state index contributed by atoms with van der Waals surface area (Å²) in [6, 6.07) is 8.19. The second-order valence-corrected chi connectivity index (χ2v) is 9.33. The highest BCUT2D eigenvalue weighted by Crippen LogP contribution is 2.35. The molecule has 3 N–H and O–H groups in total. The molecular weight excluding hydrogens is 378 g/mol. The monoisotopic (exact) mass is 402 g/mol. The number of nitrogens with one attached hydrogen (secondary N) is 1. The van der Waals surface area contributed by atoms with Gasteiger partial charge in [0.1, 0.15) is 16.9 Å². The molecular formula is C21H25ClN3OS+. The molecule has 3 aromatic rings. The largest absolute Gasteiger partial charge is 0.332 e. The van der Waals surface area contributed by atoms with Crippen LogP contribution >= 0.6 is 22.9 Å². The van der Waals surface area contributed by atoms with E-state index in [1.54, 1.807) is 11.3 Å². The zero-order valence-corrected chi connectivity index (χ0v) is 17.5. The molecule has 0 radical (unpaired) electrons. The van der Waals surface area contributed by atoms with Crippen LogP contribution in [-0.4, -0.2) is 9.97 Å². The molecule has 2 heterocycles. The minimum absolute atomic E-state index is 0.0118. The smallest absolute Gasteiger partial charge is 0.260 e. The Morgan fingerprint density at radius 2 is 2.15 bits per heavy atom. The molecule has 0 spiro atoms. The summed E-state index contributed by atoms with van der Waals surface area (Å²) in [6.07, 6.45) is 3.22. The van der Waals surface area contributed by atoms with Crippen molar-refractivity contribution in [1.29, 1.82) is 0 Å². The third-order valence-electron chi connectivity index (χ3n) is 5.57. The van der Waals surface area contributed by atoms with Crippen molar-refractivity contribution < 1.29 is 5.32 Å². The van der Waals surface area contributed by atoms with Crippen LogP contribution in [0.15, 0.2) is 29.1 Å². The standard InChI is InChI=1S/C21H24ClN3OS/c1-11-7-8-16-17(9-11)27-21-18(16)20(26)24-19(25-21)13(3)23-12(2)14-5-4-6-15(22)10-14/h4-6,10-13,23H,7-9H2,1-3H3,(H,24,25,26)/p+1/t11-,12-,13-/m0/s1. The first-order valence-electron chi connectivity index (χ1n) is 9.57. The van der Waals surface area contributed by atoms with Gasteiger partial charge in [-0.25, -0.2) is 4.98 Å². The van der Waals surface area contributed by atoms with E-state index in [4.69, 9.17) is 16.6 Å². The summed E-state index contributed by atoms with van der Waals surface area (Å²) in [7, 11) is 0. The molecule has 4 rings (SSSR count). The first-order valence-corrected chi connectivity index (χ1v) is 10.8. The quantitative estimate of drug-likeness (QED) is 0.688. The summed E-state index contributed by atoms with van der Waals surface area (Å²) in [5.74, 6) is 1.43. The molecule has 0 saturated heterocycles. The van der Waals surface area contributed by atoms with Crippen LogP contribution in [0.1, 0.15) is 61.1 Å². The SMILES string of the molecule is C[C@H]1CCc2c(sc3nc([C@H](C)[NH2+][C@@H](C)c4cccc(Cl)c4)[nH]c(=O)c23)C1. The molecule has 27 heavy (non-hydrogen) atoms. The van der Waals surface area contributed by atoms with Gasteiger partial charge < -0.3 is 10.3 Å². The lowest BCUT2D eigenvalue weighted by Gasteiger charge is -2.17. The number of hydrogen-bond acceptors (Lipinski definition) is 3. The lowest BCUT2D eigenvalue weighted by molar-refractivity contribution is -0.729. The molecule has 1 aromatic carbocycles. The van der Waals surface area contributed by atoms with Gasteiger partial charge in [-0.1, -0.05) is 30.7 Å². The van der Waals surface area contributed by atoms with Crippen LogP contribution in [0.3, 0.4) is 0 Å². The van der Waals surface area contributed by atoms with Crippen LogP contribution in [0.4, 0.5) is 0 Å². The molecule has 0 unspecified atom stereocenters. The number of aryl methyl sites for hydroxylation is 1. The highest BCUT2D eigenvalue weighted by Gasteiger charge is 2.25. The average Bonchev–Trinajstić information content (AvgIpc) is 2.99. The van der Waals surface area contributed by atoms with Gasteiger partial charge in [0.25, 0.3) is 5.56 Å². The highest BCUT2D eigenvalue weighted by molar-refractivity contribution is 7.18. The number of thiophene rings is 1. The van der Waals surface area contributed by atoms with E-state index in [0.717, 1.165) is 40.3 Å². The number of fused-ring (bicyclic) bond motifs is 3. The highest BCUT2D eigenvalue weighted by atomic mass is 35.5. The number of benzene rings is 1. The molecule has 0 saturated carbocycles. The fourth-order valence-corrected chi connectivity index (χ4v) is 5.60. The Labute approximate surface area is 168 Å².